The summed E-state index contributed by atoms with van der Waals surface area (Å²) in [6.07, 6.45) is 3.27. The Morgan fingerprint density at radius 2 is 1.06 bits per heavy atom. The highest BCUT2D eigenvalue weighted by Gasteiger charge is 2.51. The Kier molecular flexibility index (Phi) is 21.8. The molecule has 2 heterocycles. The Morgan fingerprint density at radius 1 is 0.617 bits per heavy atom. The van der Waals surface area contributed by atoms with Crippen LogP contribution in [0.2, 0.25) is 0 Å². The zero-order chi connectivity index (χ0) is 34.6. The summed E-state index contributed by atoms with van der Waals surface area (Å²) in [4.78, 5) is 10.5. The predicted octanol–water partition coefficient (Wildman–Crippen LogP) is 1.18. The number of rotatable bonds is 26. The Balaban J connectivity index is 1.99. The summed E-state index contributed by atoms with van der Waals surface area (Å²) in [5.41, 5.74) is 0. The third kappa shape index (κ3) is 15.2. The van der Waals surface area contributed by atoms with Crippen molar-refractivity contribution >= 4 is 5.97 Å². The molecular weight excluding hydrogens is 616 g/mol. The van der Waals surface area contributed by atoms with Gasteiger partial charge in [-0.2, -0.15) is 0 Å². The third-order valence-electron chi connectivity index (χ3n) is 9.33. The van der Waals surface area contributed by atoms with E-state index in [0.29, 0.717) is 12.8 Å². The summed E-state index contributed by atoms with van der Waals surface area (Å²) in [5.74, 6) is -0.992. The van der Waals surface area contributed by atoms with Crippen molar-refractivity contribution < 1.29 is 64.6 Å². The van der Waals surface area contributed by atoms with Crippen LogP contribution in [-0.4, -0.2) is 122 Å². The maximum Gasteiger partial charge on any atom is 0.187 e. The molecule has 0 radical (unpaired) electrons. The lowest BCUT2D eigenvalue weighted by Gasteiger charge is -2.46. The topological polar surface area (TPSA) is 219 Å². The number of unbranched alkanes of at least 4 members (excludes halogenated alkanes) is 14. The molecule has 1 unspecified atom stereocenters. The van der Waals surface area contributed by atoms with Crippen LogP contribution < -0.4 is 5.11 Å². The Labute approximate surface area is 280 Å². The molecule has 11 atom stereocenters. The average molecular weight is 680 g/mol. The number of carboxylic acid groups (broad SMARTS) is 1. The standard InChI is InChI=1S/C34H64O13/c1-2-3-4-5-9-12-15-18-23(19-16-13-10-7-6-8-11-14-17-20-26(37)38)44-34-32(30(42)28(40)25(22-36)46-34)47-33-31(43)29(41)27(39)24(21-35)45-33/h23-25,27-36,39-43H,2-22H2,1H3,(H,37,38)/p-1/t23?,24-,25-,27-,28-,29+,30+,31-,32-,33+,34-/m1/s1. The van der Waals surface area contributed by atoms with Crippen molar-refractivity contribution in [2.24, 2.45) is 0 Å². The largest absolute Gasteiger partial charge is 0.550 e. The SMILES string of the molecule is CCCCCCCCCC(CCCCCCCCCCCC(=O)[O-])O[C@@H]1O[C@H](CO)[C@@H](O)[C@H](O)[C@H]1O[C@@H]1O[C@H](CO)[C@@H](O)[C@H](O)[C@H]1O. The van der Waals surface area contributed by atoms with Gasteiger partial charge in [-0.25, -0.2) is 0 Å². The van der Waals surface area contributed by atoms with Gasteiger partial charge in [0.15, 0.2) is 12.6 Å². The van der Waals surface area contributed by atoms with E-state index in [-0.39, 0.29) is 12.5 Å². The van der Waals surface area contributed by atoms with E-state index >= 15 is 0 Å². The van der Waals surface area contributed by atoms with E-state index in [9.17, 15) is 45.6 Å². The number of carbonyl (C=O) groups is 1. The van der Waals surface area contributed by atoms with Gasteiger partial charge in [-0.15, -0.1) is 0 Å². The molecule has 0 aromatic rings. The Morgan fingerprint density at radius 3 is 1.55 bits per heavy atom. The number of aliphatic hydroxyl groups excluding tert-OH is 7. The maximum absolute atomic E-state index is 11.0. The number of hydrogen-bond acceptors (Lipinski definition) is 13. The van der Waals surface area contributed by atoms with E-state index < -0.39 is 80.6 Å². The second kappa shape index (κ2) is 24.2. The first-order chi connectivity index (χ1) is 22.6. The first-order valence-electron chi connectivity index (χ1n) is 18.1. The van der Waals surface area contributed by atoms with E-state index in [1.807, 2.05) is 0 Å². The van der Waals surface area contributed by atoms with Gasteiger partial charge in [-0.05, 0) is 25.7 Å². The van der Waals surface area contributed by atoms with Gasteiger partial charge < -0.3 is 64.6 Å². The van der Waals surface area contributed by atoms with Gasteiger partial charge in [0.2, 0.25) is 0 Å². The lowest BCUT2D eigenvalue weighted by Crippen LogP contribution is -2.65. The summed E-state index contributed by atoms with van der Waals surface area (Å²) in [6.45, 7) is 0.948. The van der Waals surface area contributed by atoms with Crippen molar-refractivity contribution in [1.29, 1.82) is 0 Å². The molecule has 2 aliphatic heterocycles. The third-order valence-corrected chi connectivity index (χ3v) is 9.33. The van der Waals surface area contributed by atoms with E-state index in [4.69, 9.17) is 18.9 Å². The number of aliphatic hydroxyl groups is 7. The molecule has 0 aliphatic carbocycles. The molecule has 0 bridgehead atoms. The number of aliphatic carboxylic acids is 1. The molecule has 2 saturated heterocycles. The molecular formula is C34H63O13-. The van der Waals surface area contributed by atoms with E-state index in [0.717, 1.165) is 77.0 Å². The van der Waals surface area contributed by atoms with Crippen LogP contribution in [0, 0.1) is 0 Å². The monoisotopic (exact) mass is 679 g/mol. The van der Waals surface area contributed by atoms with Crippen LogP contribution in [0.3, 0.4) is 0 Å². The lowest BCUT2D eigenvalue weighted by molar-refractivity contribution is -0.372. The molecule has 2 rings (SSSR count). The van der Waals surface area contributed by atoms with Crippen molar-refractivity contribution in [3.05, 3.63) is 0 Å². The normalized spacial score (nSPS) is 32.0. The minimum atomic E-state index is -1.72. The highest BCUT2D eigenvalue weighted by molar-refractivity contribution is 5.64. The second-order valence-electron chi connectivity index (χ2n) is 13.3. The van der Waals surface area contributed by atoms with Crippen molar-refractivity contribution in [3.63, 3.8) is 0 Å². The van der Waals surface area contributed by atoms with Crippen LogP contribution in [0.25, 0.3) is 0 Å². The molecule has 0 aromatic carbocycles. The fourth-order valence-corrected chi connectivity index (χ4v) is 6.32. The van der Waals surface area contributed by atoms with E-state index in [1.54, 1.807) is 0 Å². The summed E-state index contributed by atoms with van der Waals surface area (Å²) < 4.78 is 23.6. The number of carbonyl (C=O) groups excluding carboxylic acids is 1. The number of ether oxygens (including phenoxy) is 4. The van der Waals surface area contributed by atoms with Crippen molar-refractivity contribution in [1.82, 2.24) is 0 Å². The van der Waals surface area contributed by atoms with Gasteiger partial charge in [-0.1, -0.05) is 103 Å². The van der Waals surface area contributed by atoms with Crippen molar-refractivity contribution in [2.75, 3.05) is 13.2 Å². The smallest absolute Gasteiger partial charge is 0.187 e. The van der Waals surface area contributed by atoms with Crippen molar-refractivity contribution in [3.8, 4) is 0 Å². The second-order valence-corrected chi connectivity index (χ2v) is 13.3. The van der Waals surface area contributed by atoms with Crippen LogP contribution in [-0.2, 0) is 23.7 Å². The van der Waals surface area contributed by atoms with Gasteiger partial charge >= 0.3 is 0 Å². The van der Waals surface area contributed by atoms with Gasteiger partial charge in [0.05, 0.1) is 19.3 Å². The Hall–Kier alpha value is -0.970. The van der Waals surface area contributed by atoms with Gasteiger partial charge in [-0.3, -0.25) is 0 Å². The minimum Gasteiger partial charge on any atom is -0.550 e. The fraction of sp³-hybridized carbons (Fsp3) is 0.971. The predicted molar refractivity (Wildman–Crippen MR) is 170 cm³/mol. The van der Waals surface area contributed by atoms with Gasteiger partial charge in [0, 0.05) is 5.97 Å². The quantitative estimate of drug-likeness (QED) is 0.0640. The maximum atomic E-state index is 11.0. The number of carboxylic acids is 1. The molecule has 0 aromatic heterocycles. The van der Waals surface area contributed by atoms with Crippen LogP contribution in [0.15, 0.2) is 0 Å². The highest BCUT2D eigenvalue weighted by Crippen LogP contribution is 2.31. The molecule has 0 amide bonds. The molecule has 0 saturated carbocycles. The zero-order valence-electron chi connectivity index (χ0n) is 28.3. The van der Waals surface area contributed by atoms with Crippen LogP contribution in [0.4, 0.5) is 0 Å². The summed E-state index contributed by atoms with van der Waals surface area (Å²) >= 11 is 0. The summed E-state index contributed by atoms with van der Waals surface area (Å²) in [5, 5.41) is 82.5. The first kappa shape index (κ1) is 42.2. The molecule has 2 aliphatic rings. The van der Waals surface area contributed by atoms with Gasteiger partial charge in [0.25, 0.3) is 0 Å². The van der Waals surface area contributed by atoms with Gasteiger partial charge in [0.1, 0.15) is 48.8 Å². The lowest BCUT2D eigenvalue weighted by atomic mass is 9.97. The summed E-state index contributed by atoms with van der Waals surface area (Å²) in [6, 6.07) is 0. The number of hydrogen-bond donors (Lipinski definition) is 7. The minimum absolute atomic E-state index is 0.120. The molecule has 7 N–H and O–H groups in total. The molecule has 278 valence electrons. The van der Waals surface area contributed by atoms with E-state index in [1.165, 1.54) is 25.7 Å². The molecule has 13 nitrogen and oxygen atoms in total. The van der Waals surface area contributed by atoms with Crippen LogP contribution >= 0.6 is 0 Å². The fourth-order valence-electron chi connectivity index (χ4n) is 6.32. The van der Waals surface area contributed by atoms with E-state index in [2.05, 4.69) is 6.92 Å². The summed E-state index contributed by atoms with van der Waals surface area (Å²) in [7, 11) is 0. The average Bonchev–Trinajstić information content (AvgIpc) is 3.05. The van der Waals surface area contributed by atoms with Crippen LogP contribution in [0.1, 0.15) is 129 Å². The molecule has 47 heavy (non-hydrogen) atoms. The Bertz CT molecular complexity index is 802. The van der Waals surface area contributed by atoms with Crippen LogP contribution in [0.5, 0.6) is 0 Å². The zero-order valence-corrected chi connectivity index (χ0v) is 28.3. The first-order valence-corrected chi connectivity index (χ1v) is 18.1. The van der Waals surface area contributed by atoms with Crippen molar-refractivity contribution in [2.45, 2.75) is 196 Å². The molecule has 0 spiro atoms. The highest BCUT2D eigenvalue weighted by atomic mass is 16.8. The molecule has 13 heteroatoms. The molecule has 2 fully saturated rings.